The van der Waals surface area contributed by atoms with Crippen molar-refractivity contribution in [3.8, 4) is 11.5 Å². The summed E-state index contributed by atoms with van der Waals surface area (Å²) in [7, 11) is 1.44. The number of aromatic hydroxyl groups is 1. The average Bonchev–Trinajstić information content (AvgIpc) is 2.68. The lowest BCUT2D eigenvalue weighted by Gasteiger charge is -2.12. The first-order chi connectivity index (χ1) is 13.8. The van der Waals surface area contributed by atoms with E-state index in [9.17, 15) is 14.7 Å². The fourth-order valence-electron chi connectivity index (χ4n) is 2.44. The normalized spacial score (nSPS) is 12.3. The van der Waals surface area contributed by atoms with E-state index in [0.717, 1.165) is 5.56 Å². The Kier molecular flexibility index (Phi) is 8.36. The Morgan fingerprint density at radius 3 is 2.48 bits per heavy atom. The Morgan fingerprint density at radius 1 is 1.17 bits per heavy atom. The number of carbonyl (C=O) groups excluding carboxylic acids is 2. The zero-order valence-corrected chi connectivity index (χ0v) is 17.3. The minimum atomic E-state index is -0.697. The van der Waals surface area contributed by atoms with E-state index in [4.69, 9.17) is 21.1 Å². The van der Waals surface area contributed by atoms with Crippen molar-refractivity contribution in [1.82, 2.24) is 0 Å². The Morgan fingerprint density at radius 2 is 1.86 bits per heavy atom. The molecule has 0 bridgehead atoms. The highest BCUT2D eigenvalue weighted by atomic mass is 35.5. The number of esters is 1. The molecule has 0 amide bonds. The SMILES string of the molecule is COCC(=O)C(Cc1ccc(OC(=O)C(C)C)cc1)N=Cc1cc(Cl)ccc1O. The predicted octanol–water partition coefficient (Wildman–Crippen LogP) is 3.85. The lowest BCUT2D eigenvalue weighted by molar-refractivity contribution is -0.137. The van der Waals surface area contributed by atoms with E-state index in [2.05, 4.69) is 4.99 Å². The third-order valence-electron chi connectivity index (χ3n) is 4.08. The highest BCUT2D eigenvalue weighted by Gasteiger charge is 2.18. The molecule has 154 valence electrons. The average molecular weight is 418 g/mol. The number of hydrogen-bond donors (Lipinski definition) is 1. The maximum Gasteiger partial charge on any atom is 0.313 e. The molecule has 0 fully saturated rings. The number of aliphatic imine (C=N–C) groups is 1. The maximum atomic E-state index is 12.4. The summed E-state index contributed by atoms with van der Waals surface area (Å²) in [5.41, 5.74) is 1.26. The van der Waals surface area contributed by atoms with Crippen molar-refractivity contribution in [2.75, 3.05) is 13.7 Å². The number of ether oxygens (including phenoxy) is 2. The van der Waals surface area contributed by atoms with Gasteiger partial charge in [0, 0.05) is 30.3 Å². The molecule has 0 aromatic heterocycles. The van der Waals surface area contributed by atoms with Crippen LogP contribution in [0.3, 0.4) is 0 Å². The number of methoxy groups -OCH3 is 1. The van der Waals surface area contributed by atoms with Crippen LogP contribution in [0.2, 0.25) is 5.02 Å². The second-order valence-electron chi connectivity index (χ2n) is 6.82. The van der Waals surface area contributed by atoms with Gasteiger partial charge in [0.2, 0.25) is 0 Å². The first-order valence-electron chi connectivity index (χ1n) is 9.14. The van der Waals surface area contributed by atoms with E-state index in [1.54, 1.807) is 50.2 Å². The highest BCUT2D eigenvalue weighted by Crippen LogP contribution is 2.20. The number of rotatable bonds is 9. The van der Waals surface area contributed by atoms with Crippen LogP contribution in [0.5, 0.6) is 11.5 Å². The molecule has 2 aromatic rings. The largest absolute Gasteiger partial charge is 0.507 e. The first kappa shape index (κ1) is 22.6. The van der Waals surface area contributed by atoms with Crippen molar-refractivity contribution >= 4 is 29.6 Å². The lowest BCUT2D eigenvalue weighted by Crippen LogP contribution is -2.25. The molecule has 0 saturated heterocycles. The summed E-state index contributed by atoms with van der Waals surface area (Å²) in [6.45, 7) is 3.45. The van der Waals surface area contributed by atoms with Gasteiger partial charge in [0.05, 0.1) is 5.92 Å². The van der Waals surface area contributed by atoms with Crippen LogP contribution in [-0.4, -0.2) is 42.8 Å². The van der Waals surface area contributed by atoms with Gasteiger partial charge in [-0.3, -0.25) is 14.6 Å². The molecule has 2 rings (SSSR count). The predicted molar refractivity (Wildman–Crippen MR) is 112 cm³/mol. The van der Waals surface area contributed by atoms with E-state index in [1.165, 1.54) is 19.4 Å². The molecule has 1 atom stereocenters. The zero-order chi connectivity index (χ0) is 21.4. The number of nitrogens with zero attached hydrogens (tertiary/aromatic N) is 1. The molecule has 0 aliphatic heterocycles. The number of halogens is 1. The first-order valence-corrected chi connectivity index (χ1v) is 9.52. The maximum absolute atomic E-state index is 12.4. The van der Waals surface area contributed by atoms with Gasteiger partial charge in [0.1, 0.15) is 24.1 Å². The van der Waals surface area contributed by atoms with Crippen LogP contribution in [0, 0.1) is 5.92 Å². The summed E-state index contributed by atoms with van der Waals surface area (Å²) in [4.78, 5) is 28.4. The molecule has 1 N–H and O–H groups in total. The standard InChI is InChI=1S/C22H24ClNO5/c1-14(2)22(27)29-18-7-4-15(5-8-18)10-19(21(26)13-28-3)24-12-16-11-17(23)6-9-20(16)25/h4-9,11-12,14,19,25H,10,13H2,1-3H3. The molecule has 0 radical (unpaired) electrons. The summed E-state index contributed by atoms with van der Waals surface area (Å²) >= 11 is 5.95. The molecule has 1 unspecified atom stereocenters. The molecule has 0 aliphatic rings. The minimum Gasteiger partial charge on any atom is -0.507 e. The fourth-order valence-corrected chi connectivity index (χ4v) is 2.62. The fraction of sp³-hybridized carbons (Fsp3) is 0.318. The van der Waals surface area contributed by atoms with Crippen molar-refractivity contribution in [2.45, 2.75) is 26.3 Å². The van der Waals surface area contributed by atoms with Gasteiger partial charge in [0.25, 0.3) is 0 Å². The number of ketones is 1. The number of Topliss-reactive ketones (excluding diaryl/α,β-unsaturated/α-hetero) is 1. The topological polar surface area (TPSA) is 85.2 Å². The van der Waals surface area contributed by atoms with E-state index in [1.807, 2.05) is 0 Å². The van der Waals surface area contributed by atoms with Crippen LogP contribution in [-0.2, 0) is 20.7 Å². The summed E-state index contributed by atoms with van der Waals surface area (Å²) in [6.07, 6.45) is 1.76. The van der Waals surface area contributed by atoms with Gasteiger partial charge in [-0.05, 0) is 35.9 Å². The second kappa shape index (κ2) is 10.7. The van der Waals surface area contributed by atoms with Gasteiger partial charge < -0.3 is 14.6 Å². The second-order valence-corrected chi connectivity index (χ2v) is 7.26. The third-order valence-corrected chi connectivity index (χ3v) is 4.32. The van der Waals surface area contributed by atoms with E-state index < -0.39 is 6.04 Å². The van der Waals surface area contributed by atoms with Crippen molar-refractivity contribution < 1.29 is 24.2 Å². The van der Waals surface area contributed by atoms with Gasteiger partial charge in [0.15, 0.2) is 5.78 Å². The lowest BCUT2D eigenvalue weighted by atomic mass is 10.0. The van der Waals surface area contributed by atoms with Crippen molar-refractivity contribution in [3.63, 3.8) is 0 Å². The Bertz CT molecular complexity index is 877. The summed E-state index contributed by atoms with van der Waals surface area (Å²) < 4.78 is 10.2. The Hall–Kier alpha value is -2.70. The molecular formula is C22H24ClNO5. The number of benzene rings is 2. The molecule has 0 saturated carbocycles. The van der Waals surface area contributed by atoms with Gasteiger partial charge in [-0.2, -0.15) is 0 Å². The molecule has 7 heteroatoms. The molecule has 2 aromatic carbocycles. The summed E-state index contributed by atoms with van der Waals surface area (Å²) in [6, 6.07) is 10.8. The number of hydrogen-bond acceptors (Lipinski definition) is 6. The highest BCUT2D eigenvalue weighted by molar-refractivity contribution is 6.30. The Balaban J connectivity index is 2.16. The smallest absolute Gasteiger partial charge is 0.313 e. The molecular weight excluding hydrogens is 394 g/mol. The van der Waals surface area contributed by atoms with Gasteiger partial charge in [-0.25, -0.2) is 0 Å². The van der Waals surface area contributed by atoms with Crippen LogP contribution in [0.1, 0.15) is 25.0 Å². The van der Waals surface area contributed by atoms with E-state index in [0.29, 0.717) is 22.8 Å². The quantitative estimate of drug-likeness (QED) is 0.380. The van der Waals surface area contributed by atoms with E-state index in [-0.39, 0.29) is 30.0 Å². The molecule has 0 heterocycles. The minimum absolute atomic E-state index is 0.0208. The number of carbonyl (C=O) groups is 2. The van der Waals surface area contributed by atoms with Crippen LogP contribution >= 0.6 is 11.6 Å². The molecule has 0 spiro atoms. The molecule has 6 nitrogen and oxygen atoms in total. The molecule has 0 aliphatic carbocycles. The Labute approximate surface area is 175 Å². The van der Waals surface area contributed by atoms with Crippen LogP contribution < -0.4 is 4.74 Å². The monoisotopic (exact) mass is 417 g/mol. The van der Waals surface area contributed by atoms with Crippen molar-refractivity contribution in [2.24, 2.45) is 10.9 Å². The number of phenols is 1. The molecule has 29 heavy (non-hydrogen) atoms. The van der Waals surface area contributed by atoms with Crippen LogP contribution in [0.15, 0.2) is 47.5 Å². The van der Waals surface area contributed by atoms with Gasteiger partial charge in [-0.15, -0.1) is 0 Å². The number of phenolic OH excluding ortho intramolecular Hbond substituents is 1. The third kappa shape index (κ3) is 7.00. The van der Waals surface area contributed by atoms with Gasteiger partial charge >= 0.3 is 5.97 Å². The van der Waals surface area contributed by atoms with Gasteiger partial charge in [-0.1, -0.05) is 37.6 Å². The van der Waals surface area contributed by atoms with Crippen molar-refractivity contribution in [3.05, 3.63) is 58.6 Å². The van der Waals surface area contributed by atoms with Crippen LogP contribution in [0.4, 0.5) is 0 Å². The van der Waals surface area contributed by atoms with Crippen molar-refractivity contribution in [1.29, 1.82) is 0 Å². The zero-order valence-electron chi connectivity index (χ0n) is 16.6. The van der Waals surface area contributed by atoms with E-state index >= 15 is 0 Å². The summed E-state index contributed by atoms with van der Waals surface area (Å²) in [5.74, 6) is -0.257. The summed E-state index contributed by atoms with van der Waals surface area (Å²) in [5, 5.41) is 10.4. The van der Waals surface area contributed by atoms with Crippen LogP contribution in [0.25, 0.3) is 0 Å².